The van der Waals surface area contributed by atoms with Gasteiger partial charge < -0.3 is 25.4 Å². The molecule has 8 heteroatoms. The van der Waals surface area contributed by atoms with Gasteiger partial charge in [-0.2, -0.15) is 0 Å². The maximum atomic E-state index is 11.9. The molecule has 0 aliphatic carbocycles. The average molecular weight is 444 g/mol. The zero-order chi connectivity index (χ0) is 17.0. The highest BCUT2D eigenvalue weighted by Gasteiger charge is 2.20. The molecule has 0 heterocycles. The Hall–Kier alpha value is -0.770. The van der Waals surface area contributed by atoms with Crippen molar-refractivity contribution in [3.63, 3.8) is 0 Å². The van der Waals surface area contributed by atoms with Crippen LogP contribution in [0, 0.1) is 0 Å². The zero-order valence-corrected chi connectivity index (χ0v) is 17.4. The first kappa shape index (κ1) is 24.5. The molecule has 0 aliphatic heterocycles. The van der Waals surface area contributed by atoms with Crippen molar-refractivity contribution in [2.45, 2.75) is 46.6 Å². The predicted molar refractivity (Wildman–Crippen MR) is 104 cm³/mol. The Balaban J connectivity index is 0. The van der Waals surface area contributed by atoms with Crippen LogP contribution in [0.25, 0.3) is 0 Å². The summed E-state index contributed by atoms with van der Waals surface area (Å²) in [4.78, 5) is 17.8. The van der Waals surface area contributed by atoms with Gasteiger partial charge in [0.05, 0.1) is 0 Å². The van der Waals surface area contributed by atoms with Crippen LogP contribution in [0.4, 0.5) is 4.79 Å². The number of rotatable bonds is 9. The van der Waals surface area contributed by atoms with E-state index >= 15 is 0 Å². The number of hydrogen-bond acceptors (Lipinski definition) is 4. The van der Waals surface area contributed by atoms with Gasteiger partial charge in [-0.3, -0.25) is 4.99 Å². The number of amides is 1. The van der Waals surface area contributed by atoms with E-state index in [-0.39, 0.29) is 30.1 Å². The number of ether oxygens (including phenoxy) is 2. The number of likely N-dealkylation sites (N-methyl/N-ethyl adjacent to an activating group) is 1. The van der Waals surface area contributed by atoms with Gasteiger partial charge in [0, 0.05) is 39.4 Å². The van der Waals surface area contributed by atoms with Crippen LogP contribution < -0.4 is 11.1 Å². The number of carbonyl (C=O) groups is 1. The van der Waals surface area contributed by atoms with Gasteiger partial charge in [-0.1, -0.05) is 0 Å². The first-order valence-electron chi connectivity index (χ1n) is 7.89. The molecule has 0 aromatic rings. The number of nitrogens with one attached hydrogen (secondary N) is 1. The summed E-state index contributed by atoms with van der Waals surface area (Å²) in [6.45, 7) is 13.1. The Morgan fingerprint density at radius 1 is 1.30 bits per heavy atom. The van der Waals surface area contributed by atoms with E-state index in [9.17, 15) is 4.79 Å². The lowest BCUT2D eigenvalue weighted by Crippen LogP contribution is -2.42. The molecule has 0 rings (SSSR count). The van der Waals surface area contributed by atoms with Gasteiger partial charge in [0.2, 0.25) is 0 Å². The van der Waals surface area contributed by atoms with Gasteiger partial charge in [-0.25, -0.2) is 4.79 Å². The zero-order valence-electron chi connectivity index (χ0n) is 15.1. The van der Waals surface area contributed by atoms with Crippen LogP contribution in [0.15, 0.2) is 4.99 Å². The lowest BCUT2D eigenvalue weighted by atomic mass is 10.2. The van der Waals surface area contributed by atoms with Crippen LogP contribution in [-0.2, 0) is 9.47 Å². The van der Waals surface area contributed by atoms with Crippen LogP contribution in [0.5, 0.6) is 0 Å². The number of aliphatic imine (C=N–C) groups is 1. The van der Waals surface area contributed by atoms with Crippen molar-refractivity contribution in [1.29, 1.82) is 0 Å². The first-order valence-corrected chi connectivity index (χ1v) is 7.89. The summed E-state index contributed by atoms with van der Waals surface area (Å²) in [5, 5.41) is 2.99. The minimum absolute atomic E-state index is 0. The summed E-state index contributed by atoms with van der Waals surface area (Å²) < 4.78 is 10.6. The highest BCUT2D eigenvalue weighted by Crippen LogP contribution is 2.09. The molecule has 3 N–H and O–H groups in total. The molecule has 7 nitrogen and oxygen atoms in total. The van der Waals surface area contributed by atoms with Crippen LogP contribution in [-0.4, -0.2) is 61.9 Å². The van der Waals surface area contributed by atoms with Gasteiger partial charge in [0.15, 0.2) is 5.96 Å². The van der Waals surface area contributed by atoms with Crippen molar-refractivity contribution in [2.24, 2.45) is 10.7 Å². The van der Waals surface area contributed by atoms with E-state index in [4.69, 9.17) is 15.2 Å². The van der Waals surface area contributed by atoms with Crippen LogP contribution in [0.2, 0.25) is 0 Å². The van der Waals surface area contributed by atoms with E-state index in [2.05, 4.69) is 10.3 Å². The molecule has 1 amide bonds. The van der Waals surface area contributed by atoms with Crippen molar-refractivity contribution in [1.82, 2.24) is 10.2 Å². The van der Waals surface area contributed by atoms with Gasteiger partial charge in [-0.15, -0.1) is 24.0 Å². The molecule has 0 bridgehead atoms. The number of nitrogens with zero attached hydrogens (tertiary/aromatic N) is 2. The molecule has 0 spiro atoms. The summed E-state index contributed by atoms with van der Waals surface area (Å²) in [5.74, 6) is 0.386. The van der Waals surface area contributed by atoms with Crippen molar-refractivity contribution in [2.75, 3.05) is 39.4 Å². The van der Waals surface area contributed by atoms with E-state index in [0.29, 0.717) is 38.7 Å². The molecule has 0 saturated carbocycles. The maximum Gasteiger partial charge on any atom is 0.410 e. The molecule has 0 atom stereocenters. The molecule has 0 unspecified atom stereocenters. The van der Waals surface area contributed by atoms with Gasteiger partial charge >= 0.3 is 6.09 Å². The SMILES string of the molecule is CCOCCCN=C(N)NCCN(CC)C(=O)OC(C)(C)C.I. The molecular weight excluding hydrogens is 411 g/mol. The fourth-order valence-corrected chi connectivity index (χ4v) is 1.59. The Morgan fingerprint density at radius 2 is 1.96 bits per heavy atom. The molecule has 0 aromatic carbocycles. The van der Waals surface area contributed by atoms with Crippen molar-refractivity contribution in [3.05, 3.63) is 0 Å². The highest BCUT2D eigenvalue weighted by atomic mass is 127. The predicted octanol–water partition coefficient (Wildman–Crippen LogP) is 2.19. The highest BCUT2D eigenvalue weighted by molar-refractivity contribution is 14.0. The average Bonchev–Trinajstić information content (AvgIpc) is 2.41. The van der Waals surface area contributed by atoms with Crippen LogP contribution in [0.3, 0.4) is 0 Å². The molecular formula is C15H33IN4O3. The van der Waals surface area contributed by atoms with Gasteiger partial charge in [0.1, 0.15) is 5.60 Å². The number of halogens is 1. The molecule has 0 aliphatic rings. The summed E-state index contributed by atoms with van der Waals surface area (Å²) in [7, 11) is 0. The van der Waals surface area contributed by atoms with Crippen molar-refractivity contribution in [3.8, 4) is 0 Å². The van der Waals surface area contributed by atoms with Gasteiger partial charge in [0.25, 0.3) is 0 Å². The van der Waals surface area contributed by atoms with E-state index in [1.165, 1.54) is 0 Å². The second kappa shape index (κ2) is 13.6. The number of carbonyl (C=O) groups excluding carboxylic acids is 1. The van der Waals surface area contributed by atoms with E-state index < -0.39 is 5.60 Å². The Labute approximate surface area is 157 Å². The smallest absolute Gasteiger partial charge is 0.410 e. The third-order valence-electron chi connectivity index (χ3n) is 2.65. The summed E-state index contributed by atoms with van der Waals surface area (Å²) in [6, 6.07) is 0. The molecule has 23 heavy (non-hydrogen) atoms. The van der Waals surface area contributed by atoms with E-state index in [1.54, 1.807) is 4.90 Å². The Kier molecular flexibility index (Phi) is 14.5. The monoisotopic (exact) mass is 444 g/mol. The first-order chi connectivity index (χ1) is 10.3. The Bertz CT molecular complexity index is 346. The fourth-order valence-electron chi connectivity index (χ4n) is 1.59. The van der Waals surface area contributed by atoms with E-state index in [0.717, 1.165) is 13.0 Å². The topological polar surface area (TPSA) is 89.2 Å². The van der Waals surface area contributed by atoms with Crippen molar-refractivity contribution < 1.29 is 14.3 Å². The fraction of sp³-hybridized carbons (Fsp3) is 0.867. The normalized spacial score (nSPS) is 11.6. The number of nitrogens with two attached hydrogens (primary N) is 1. The minimum Gasteiger partial charge on any atom is -0.444 e. The van der Waals surface area contributed by atoms with Crippen LogP contribution in [0.1, 0.15) is 41.0 Å². The second-order valence-corrected chi connectivity index (χ2v) is 5.80. The maximum absolute atomic E-state index is 11.9. The number of guanidine groups is 1. The third-order valence-corrected chi connectivity index (χ3v) is 2.65. The van der Waals surface area contributed by atoms with Crippen LogP contribution >= 0.6 is 24.0 Å². The van der Waals surface area contributed by atoms with E-state index in [1.807, 2.05) is 34.6 Å². The largest absolute Gasteiger partial charge is 0.444 e. The molecule has 0 aromatic heterocycles. The quantitative estimate of drug-likeness (QED) is 0.246. The number of hydrogen-bond donors (Lipinski definition) is 2. The van der Waals surface area contributed by atoms with Crippen molar-refractivity contribution >= 4 is 36.0 Å². The standard InChI is InChI=1S/C15H32N4O3.HI/c1-6-19(14(20)22-15(3,4)5)11-10-18-13(16)17-9-8-12-21-7-2;/h6-12H2,1-5H3,(H3,16,17,18);1H. The molecule has 0 radical (unpaired) electrons. The molecule has 0 fully saturated rings. The second-order valence-electron chi connectivity index (χ2n) is 5.80. The van der Waals surface area contributed by atoms with Gasteiger partial charge in [-0.05, 0) is 41.0 Å². The third kappa shape index (κ3) is 14.5. The molecule has 0 saturated heterocycles. The summed E-state index contributed by atoms with van der Waals surface area (Å²) in [6.07, 6.45) is 0.527. The lowest BCUT2D eigenvalue weighted by molar-refractivity contribution is 0.0264. The summed E-state index contributed by atoms with van der Waals surface area (Å²) in [5.41, 5.74) is 5.27. The summed E-state index contributed by atoms with van der Waals surface area (Å²) >= 11 is 0. The molecule has 138 valence electrons. The Morgan fingerprint density at radius 3 is 2.48 bits per heavy atom. The minimum atomic E-state index is -0.487. The lowest BCUT2D eigenvalue weighted by Gasteiger charge is -2.26.